The minimum atomic E-state index is -0.253. The number of nitrogens with zero attached hydrogens (tertiary/aromatic N) is 3. The summed E-state index contributed by atoms with van der Waals surface area (Å²) in [6.45, 7) is 7.96. The number of hydrogen-bond acceptors (Lipinski definition) is 2. The molecule has 0 radical (unpaired) electrons. The van der Waals surface area contributed by atoms with E-state index in [1.165, 1.54) is 12.1 Å². The highest BCUT2D eigenvalue weighted by Gasteiger charge is 2.14. The Balaban J connectivity index is 1.98. The summed E-state index contributed by atoms with van der Waals surface area (Å²) < 4.78 is 15.0. The molecule has 1 aromatic carbocycles. The lowest BCUT2D eigenvalue weighted by atomic mass is 10.1. The van der Waals surface area contributed by atoms with E-state index in [0.29, 0.717) is 19.5 Å². The van der Waals surface area contributed by atoms with Gasteiger partial charge in [-0.25, -0.2) is 4.39 Å². The average Bonchev–Trinajstić information content (AvgIpc) is 2.91. The van der Waals surface area contributed by atoms with Crippen LogP contribution in [0.2, 0.25) is 0 Å². The molecule has 25 heavy (non-hydrogen) atoms. The van der Waals surface area contributed by atoms with Crippen LogP contribution in [0.15, 0.2) is 30.3 Å². The topological polar surface area (TPSA) is 38.1 Å². The molecule has 1 aromatic heterocycles. The number of unbranched alkanes of at least 4 members (excludes halogenated alkanes) is 2. The Morgan fingerprint density at radius 3 is 2.52 bits per heavy atom. The Kier molecular flexibility index (Phi) is 7.16. The fraction of sp³-hybridized carbons (Fsp3) is 0.500. The maximum absolute atomic E-state index is 13.1. The summed E-state index contributed by atoms with van der Waals surface area (Å²) in [6.07, 6.45) is 3.63. The van der Waals surface area contributed by atoms with Gasteiger partial charge in [0.1, 0.15) is 5.82 Å². The van der Waals surface area contributed by atoms with Crippen LogP contribution in [0.4, 0.5) is 4.39 Å². The van der Waals surface area contributed by atoms with E-state index in [2.05, 4.69) is 12.0 Å². The van der Waals surface area contributed by atoms with Crippen LogP contribution in [0.25, 0.3) is 0 Å². The third-order valence-corrected chi connectivity index (χ3v) is 4.31. The van der Waals surface area contributed by atoms with Gasteiger partial charge in [0.2, 0.25) is 5.91 Å². The van der Waals surface area contributed by atoms with Crippen LogP contribution >= 0.6 is 0 Å². The first-order valence-electron chi connectivity index (χ1n) is 9.03. The molecule has 4 nitrogen and oxygen atoms in total. The first-order chi connectivity index (χ1) is 12.0. The first-order valence-corrected chi connectivity index (χ1v) is 9.03. The Hall–Kier alpha value is -2.17. The van der Waals surface area contributed by atoms with E-state index in [0.717, 1.165) is 42.8 Å². The fourth-order valence-electron chi connectivity index (χ4n) is 2.92. The van der Waals surface area contributed by atoms with Gasteiger partial charge < -0.3 is 4.90 Å². The molecule has 0 aliphatic carbocycles. The SMILES string of the molecule is CCCCCN(Cc1ccc(F)cc1)C(=O)CCn1nc(C)cc1C. The van der Waals surface area contributed by atoms with E-state index >= 15 is 0 Å². The smallest absolute Gasteiger partial charge is 0.224 e. The third kappa shape index (κ3) is 6.00. The van der Waals surface area contributed by atoms with E-state index in [1.54, 1.807) is 12.1 Å². The van der Waals surface area contributed by atoms with Crippen molar-refractivity contribution in [1.82, 2.24) is 14.7 Å². The molecular weight excluding hydrogens is 317 g/mol. The van der Waals surface area contributed by atoms with Crippen molar-refractivity contribution in [1.29, 1.82) is 0 Å². The van der Waals surface area contributed by atoms with Crippen molar-refractivity contribution in [3.05, 3.63) is 53.1 Å². The molecule has 1 heterocycles. The Morgan fingerprint density at radius 2 is 1.92 bits per heavy atom. The molecule has 2 aromatic rings. The fourth-order valence-corrected chi connectivity index (χ4v) is 2.92. The van der Waals surface area contributed by atoms with Gasteiger partial charge in [-0.05, 0) is 44.0 Å². The summed E-state index contributed by atoms with van der Waals surface area (Å²) >= 11 is 0. The predicted molar refractivity (Wildman–Crippen MR) is 97.7 cm³/mol. The van der Waals surface area contributed by atoms with Crippen LogP contribution in [0.1, 0.15) is 49.6 Å². The molecule has 0 atom stereocenters. The lowest BCUT2D eigenvalue weighted by Crippen LogP contribution is -2.32. The second-order valence-corrected chi connectivity index (χ2v) is 6.55. The zero-order valence-electron chi connectivity index (χ0n) is 15.5. The lowest BCUT2D eigenvalue weighted by molar-refractivity contribution is -0.132. The van der Waals surface area contributed by atoms with Crippen LogP contribution in [0.3, 0.4) is 0 Å². The summed E-state index contributed by atoms with van der Waals surface area (Å²) in [5.41, 5.74) is 3.00. The van der Waals surface area contributed by atoms with Crippen LogP contribution in [-0.4, -0.2) is 27.1 Å². The molecule has 0 N–H and O–H groups in total. The number of carbonyl (C=O) groups is 1. The quantitative estimate of drug-likeness (QED) is 0.637. The average molecular weight is 345 g/mol. The number of rotatable bonds is 9. The second-order valence-electron chi connectivity index (χ2n) is 6.55. The van der Waals surface area contributed by atoms with Crippen molar-refractivity contribution >= 4 is 5.91 Å². The van der Waals surface area contributed by atoms with Gasteiger partial charge in [-0.15, -0.1) is 0 Å². The summed E-state index contributed by atoms with van der Waals surface area (Å²) in [6, 6.07) is 8.40. The van der Waals surface area contributed by atoms with E-state index in [9.17, 15) is 9.18 Å². The van der Waals surface area contributed by atoms with Crippen LogP contribution in [0, 0.1) is 19.7 Å². The summed E-state index contributed by atoms with van der Waals surface area (Å²) in [5.74, 6) is -0.134. The highest BCUT2D eigenvalue weighted by atomic mass is 19.1. The van der Waals surface area contributed by atoms with Gasteiger partial charge in [0.25, 0.3) is 0 Å². The van der Waals surface area contributed by atoms with Gasteiger partial charge in [-0.3, -0.25) is 9.48 Å². The number of amides is 1. The molecule has 136 valence electrons. The van der Waals surface area contributed by atoms with Crippen molar-refractivity contribution in [2.75, 3.05) is 6.54 Å². The van der Waals surface area contributed by atoms with E-state index < -0.39 is 0 Å². The molecule has 2 rings (SSSR count). The van der Waals surface area contributed by atoms with Crippen molar-refractivity contribution < 1.29 is 9.18 Å². The van der Waals surface area contributed by atoms with Gasteiger partial charge in [-0.2, -0.15) is 5.10 Å². The molecule has 1 amide bonds. The summed E-state index contributed by atoms with van der Waals surface area (Å²) in [7, 11) is 0. The van der Waals surface area contributed by atoms with Gasteiger partial charge >= 0.3 is 0 Å². The van der Waals surface area contributed by atoms with Crippen LogP contribution in [-0.2, 0) is 17.9 Å². The zero-order chi connectivity index (χ0) is 18.2. The van der Waals surface area contributed by atoms with E-state index in [-0.39, 0.29) is 11.7 Å². The molecule has 0 saturated carbocycles. The maximum Gasteiger partial charge on any atom is 0.224 e. The largest absolute Gasteiger partial charge is 0.338 e. The Bertz CT molecular complexity index is 679. The number of carbonyl (C=O) groups excluding carboxylic acids is 1. The molecule has 0 aliphatic rings. The normalized spacial score (nSPS) is 10.9. The lowest BCUT2D eigenvalue weighted by Gasteiger charge is -2.23. The van der Waals surface area contributed by atoms with Gasteiger partial charge in [0.05, 0.1) is 5.69 Å². The standard InChI is InChI=1S/C20H28FN3O/c1-4-5-6-12-23(15-18-7-9-19(21)10-8-18)20(25)11-13-24-17(3)14-16(2)22-24/h7-10,14H,4-6,11-13,15H2,1-3H3. The van der Waals surface area contributed by atoms with E-state index in [4.69, 9.17) is 0 Å². The summed E-state index contributed by atoms with van der Waals surface area (Å²) in [5, 5.41) is 4.41. The molecule has 0 bridgehead atoms. The van der Waals surface area contributed by atoms with Crippen molar-refractivity contribution in [3.8, 4) is 0 Å². The van der Waals surface area contributed by atoms with Gasteiger partial charge in [0, 0.05) is 31.7 Å². The second kappa shape index (κ2) is 9.35. The minimum absolute atomic E-state index is 0.119. The number of benzene rings is 1. The van der Waals surface area contributed by atoms with Crippen LogP contribution in [0.5, 0.6) is 0 Å². The minimum Gasteiger partial charge on any atom is -0.338 e. The number of halogens is 1. The van der Waals surface area contributed by atoms with Crippen molar-refractivity contribution in [3.63, 3.8) is 0 Å². The molecule has 0 aliphatic heterocycles. The summed E-state index contributed by atoms with van der Waals surface area (Å²) in [4.78, 5) is 14.6. The van der Waals surface area contributed by atoms with Crippen LogP contribution < -0.4 is 0 Å². The zero-order valence-corrected chi connectivity index (χ0v) is 15.5. The first kappa shape index (κ1) is 19.2. The molecule has 0 fully saturated rings. The molecule has 5 heteroatoms. The Labute approximate surface area is 149 Å². The number of aromatic nitrogens is 2. The highest BCUT2D eigenvalue weighted by molar-refractivity contribution is 5.76. The molecular formula is C20H28FN3O. The highest BCUT2D eigenvalue weighted by Crippen LogP contribution is 2.11. The maximum atomic E-state index is 13.1. The van der Waals surface area contributed by atoms with Gasteiger partial charge in [0.15, 0.2) is 0 Å². The van der Waals surface area contributed by atoms with Gasteiger partial charge in [-0.1, -0.05) is 31.9 Å². The predicted octanol–water partition coefficient (Wildman–Crippen LogP) is 4.25. The molecule has 0 spiro atoms. The Morgan fingerprint density at radius 1 is 1.20 bits per heavy atom. The number of aryl methyl sites for hydroxylation is 3. The third-order valence-electron chi connectivity index (χ3n) is 4.31. The van der Waals surface area contributed by atoms with Crippen molar-refractivity contribution in [2.24, 2.45) is 0 Å². The van der Waals surface area contributed by atoms with E-state index in [1.807, 2.05) is 29.5 Å². The number of hydrogen-bond donors (Lipinski definition) is 0. The monoisotopic (exact) mass is 345 g/mol. The molecule has 0 unspecified atom stereocenters. The molecule has 0 saturated heterocycles. The van der Waals surface area contributed by atoms with Crippen molar-refractivity contribution in [2.45, 2.75) is 59.5 Å².